The lowest BCUT2D eigenvalue weighted by atomic mass is 10.1. The van der Waals surface area contributed by atoms with E-state index in [9.17, 15) is 0 Å². The van der Waals surface area contributed by atoms with Crippen LogP contribution in [0.1, 0.15) is 44.7 Å². The molecule has 0 amide bonds. The number of H-pyrrole nitrogens is 1. The van der Waals surface area contributed by atoms with Crippen molar-refractivity contribution < 1.29 is 9.84 Å². The standard InChI is InChI=1S/C17H24N2O2/c1-2-3-4-5-6-11-21-16-9-7-14(8-10-16)17-12-15(13-20)18-19-17/h7-10,12,20H,2-6,11,13H2,1H3,(H,18,19). The molecule has 21 heavy (non-hydrogen) atoms. The first-order chi connectivity index (χ1) is 10.3. The molecule has 1 heterocycles. The number of aromatic amines is 1. The zero-order valence-corrected chi connectivity index (χ0v) is 12.6. The van der Waals surface area contributed by atoms with Crippen LogP contribution in [0.15, 0.2) is 30.3 Å². The van der Waals surface area contributed by atoms with Gasteiger partial charge in [0.15, 0.2) is 0 Å². The van der Waals surface area contributed by atoms with Gasteiger partial charge >= 0.3 is 0 Å². The molecule has 0 saturated carbocycles. The van der Waals surface area contributed by atoms with E-state index in [1.54, 1.807) is 0 Å². The van der Waals surface area contributed by atoms with Crippen LogP contribution < -0.4 is 4.74 Å². The number of unbranched alkanes of at least 4 members (excludes halogenated alkanes) is 4. The Hall–Kier alpha value is -1.81. The molecule has 1 aromatic carbocycles. The Morgan fingerprint density at radius 1 is 1.10 bits per heavy atom. The molecule has 0 aliphatic rings. The van der Waals surface area contributed by atoms with Crippen molar-refractivity contribution in [2.24, 2.45) is 0 Å². The Kier molecular flexibility index (Phi) is 6.28. The van der Waals surface area contributed by atoms with E-state index in [1.807, 2.05) is 30.3 Å². The fraction of sp³-hybridized carbons (Fsp3) is 0.471. The number of hydrogen-bond acceptors (Lipinski definition) is 3. The Morgan fingerprint density at radius 3 is 2.52 bits per heavy atom. The van der Waals surface area contributed by atoms with Crippen LogP contribution in [0.3, 0.4) is 0 Å². The van der Waals surface area contributed by atoms with Gasteiger partial charge < -0.3 is 9.84 Å². The molecule has 2 aromatic rings. The third-order valence-electron chi connectivity index (χ3n) is 3.47. The lowest BCUT2D eigenvalue weighted by Gasteiger charge is -2.06. The van der Waals surface area contributed by atoms with Crippen LogP contribution in [0.2, 0.25) is 0 Å². The van der Waals surface area contributed by atoms with Gasteiger partial charge in [-0.05, 0) is 36.8 Å². The van der Waals surface area contributed by atoms with Crippen molar-refractivity contribution in [3.63, 3.8) is 0 Å². The molecule has 0 saturated heterocycles. The van der Waals surface area contributed by atoms with E-state index in [0.717, 1.165) is 35.7 Å². The van der Waals surface area contributed by atoms with Gasteiger partial charge in [-0.15, -0.1) is 0 Å². The molecule has 0 aliphatic carbocycles. The highest BCUT2D eigenvalue weighted by Crippen LogP contribution is 2.21. The second-order valence-electron chi connectivity index (χ2n) is 5.22. The first-order valence-electron chi connectivity index (χ1n) is 7.72. The SMILES string of the molecule is CCCCCCCOc1ccc(-c2cc(CO)[nH]n2)cc1. The molecule has 2 rings (SSSR count). The van der Waals surface area contributed by atoms with Gasteiger partial charge in [-0.2, -0.15) is 5.10 Å². The molecular weight excluding hydrogens is 264 g/mol. The normalized spacial score (nSPS) is 10.8. The quantitative estimate of drug-likeness (QED) is 0.688. The summed E-state index contributed by atoms with van der Waals surface area (Å²) in [5, 5.41) is 16.0. The zero-order valence-electron chi connectivity index (χ0n) is 12.6. The summed E-state index contributed by atoms with van der Waals surface area (Å²) >= 11 is 0. The highest BCUT2D eigenvalue weighted by molar-refractivity contribution is 5.60. The first-order valence-corrected chi connectivity index (χ1v) is 7.72. The number of ether oxygens (including phenoxy) is 1. The third kappa shape index (κ3) is 4.90. The molecule has 0 bridgehead atoms. The number of rotatable bonds is 9. The summed E-state index contributed by atoms with van der Waals surface area (Å²) in [6.07, 6.45) is 6.23. The molecule has 0 aliphatic heterocycles. The van der Waals surface area contributed by atoms with Crippen LogP contribution in [-0.4, -0.2) is 21.9 Å². The van der Waals surface area contributed by atoms with Gasteiger partial charge in [0.1, 0.15) is 5.75 Å². The summed E-state index contributed by atoms with van der Waals surface area (Å²) in [7, 11) is 0. The summed E-state index contributed by atoms with van der Waals surface area (Å²) in [5.74, 6) is 0.896. The van der Waals surface area contributed by atoms with Gasteiger partial charge in [0.2, 0.25) is 0 Å². The summed E-state index contributed by atoms with van der Waals surface area (Å²) in [5.41, 5.74) is 2.57. The Bertz CT molecular complexity index is 520. The number of aliphatic hydroxyl groups is 1. The molecule has 0 unspecified atom stereocenters. The smallest absolute Gasteiger partial charge is 0.119 e. The van der Waals surface area contributed by atoms with Crippen LogP contribution >= 0.6 is 0 Å². The van der Waals surface area contributed by atoms with E-state index in [1.165, 1.54) is 25.7 Å². The predicted molar refractivity (Wildman–Crippen MR) is 84.2 cm³/mol. The Morgan fingerprint density at radius 2 is 1.86 bits per heavy atom. The molecule has 0 atom stereocenters. The van der Waals surface area contributed by atoms with E-state index in [4.69, 9.17) is 9.84 Å². The maximum Gasteiger partial charge on any atom is 0.119 e. The van der Waals surface area contributed by atoms with Gasteiger partial charge in [-0.25, -0.2) is 0 Å². The highest BCUT2D eigenvalue weighted by Gasteiger charge is 2.03. The summed E-state index contributed by atoms with van der Waals surface area (Å²) < 4.78 is 5.74. The largest absolute Gasteiger partial charge is 0.494 e. The first kappa shape index (κ1) is 15.6. The van der Waals surface area contributed by atoms with E-state index in [-0.39, 0.29) is 6.61 Å². The molecule has 0 fully saturated rings. The molecule has 4 nitrogen and oxygen atoms in total. The van der Waals surface area contributed by atoms with Crippen molar-refractivity contribution in [2.75, 3.05) is 6.61 Å². The van der Waals surface area contributed by atoms with E-state index in [2.05, 4.69) is 17.1 Å². The summed E-state index contributed by atoms with van der Waals surface area (Å²) in [6, 6.07) is 9.76. The lowest BCUT2D eigenvalue weighted by molar-refractivity contribution is 0.276. The van der Waals surface area contributed by atoms with Gasteiger partial charge in [-0.1, -0.05) is 32.6 Å². The van der Waals surface area contributed by atoms with Crippen LogP contribution in [0, 0.1) is 0 Å². The molecule has 2 N–H and O–H groups in total. The van der Waals surface area contributed by atoms with Crippen LogP contribution in [0.5, 0.6) is 5.75 Å². The maximum absolute atomic E-state index is 9.03. The van der Waals surface area contributed by atoms with Crippen LogP contribution in [0.4, 0.5) is 0 Å². The number of aromatic nitrogens is 2. The zero-order chi connectivity index (χ0) is 14.9. The topological polar surface area (TPSA) is 58.1 Å². The molecule has 1 aromatic heterocycles. The Balaban J connectivity index is 1.79. The van der Waals surface area contributed by atoms with Crippen molar-refractivity contribution in [1.82, 2.24) is 10.2 Å². The number of hydrogen-bond donors (Lipinski definition) is 2. The number of nitrogens with zero attached hydrogens (tertiary/aromatic N) is 1. The van der Waals surface area contributed by atoms with Gasteiger partial charge in [0, 0.05) is 5.56 Å². The summed E-state index contributed by atoms with van der Waals surface area (Å²) in [6.45, 7) is 2.98. The minimum atomic E-state index is -0.0216. The fourth-order valence-corrected chi connectivity index (χ4v) is 2.21. The number of nitrogens with one attached hydrogen (secondary N) is 1. The van der Waals surface area contributed by atoms with Crippen molar-refractivity contribution in [3.8, 4) is 17.0 Å². The minimum Gasteiger partial charge on any atom is -0.494 e. The lowest BCUT2D eigenvalue weighted by Crippen LogP contribution is -1.97. The molecule has 0 radical (unpaired) electrons. The minimum absolute atomic E-state index is 0.0216. The monoisotopic (exact) mass is 288 g/mol. The fourth-order valence-electron chi connectivity index (χ4n) is 2.21. The molecule has 0 spiro atoms. The molecule has 114 valence electrons. The van der Waals surface area contributed by atoms with Crippen molar-refractivity contribution in [1.29, 1.82) is 0 Å². The maximum atomic E-state index is 9.03. The van der Waals surface area contributed by atoms with Gasteiger partial charge in [0.25, 0.3) is 0 Å². The van der Waals surface area contributed by atoms with Crippen molar-refractivity contribution in [2.45, 2.75) is 45.6 Å². The van der Waals surface area contributed by atoms with Crippen molar-refractivity contribution in [3.05, 3.63) is 36.0 Å². The van der Waals surface area contributed by atoms with Crippen LogP contribution in [0.25, 0.3) is 11.3 Å². The van der Waals surface area contributed by atoms with Gasteiger partial charge in [-0.3, -0.25) is 5.10 Å². The third-order valence-corrected chi connectivity index (χ3v) is 3.47. The van der Waals surface area contributed by atoms with E-state index in [0.29, 0.717) is 0 Å². The van der Waals surface area contributed by atoms with Crippen molar-refractivity contribution >= 4 is 0 Å². The average Bonchev–Trinajstić information content (AvgIpc) is 3.00. The number of aliphatic hydroxyl groups excluding tert-OH is 1. The highest BCUT2D eigenvalue weighted by atomic mass is 16.5. The number of benzene rings is 1. The second kappa shape index (κ2) is 8.47. The summed E-state index contributed by atoms with van der Waals surface area (Å²) in [4.78, 5) is 0. The van der Waals surface area contributed by atoms with Gasteiger partial charge in [0.05, 0.1) is 24.6 Å². The van der Waals surface area contributed by atoms with Crippen LogP contribution in [-0.2, 0) is 6.61 Å². The second-order valence-corrected chi connectivity index (χ2v) is 5.22. The molecule has 4 heteroatoms. The average molecular weight is 288 g/mol. The predicted octanol–water partition coefficient (Wildman–Crippen LogP) is 3.92. The van der Waals surface area contributed by atoms with E-state index >= 15 is 0 Å². The van der Waals surface area contributed by atoms with E-state index < -0.39 is 0 Å². The molecular formula is C17H24N2O2. The Labute approximate surface area is 126 Å².